The zero-order chi connectivity index (χ0) is 13.2. The van der Waals surface area contributed by atoms with Crippen LogP contribution < -0.4 is 5.32 Å². The van der Waals surface area contributed by atoms with Gasteiger partial charge in [0.2, 0.25) is 5.91 Å². The van der Waals surface area contributed by atoms with Crippen LogP contribution in [-0.2, 0) is 4.79 Å². The monoisotopic (exact) mass is 255 g/mol. The van der Waals surface area contributed by atoms with E-state index in [0.717, 1.165) is 5.56 Å². The average Bonchev–Trinajstić information content (AvgIpc) is 2.82. The predicted molar refractivity (Wildman–Crippen MR) is 71.3 cm³/mol. The molecule has 2 unspecified atom stereocenters. The van der Waals surface area contributed by atoms with Crippen molar-refractivity contribution in [2.24, 2.45) is 0 Å². The van der Waals surface area contributed by atoms with E-state index >= 15 is 0 Å². The zero-order valence-electron chi connectivity index (χ0n) is 10.3. The first-order valence-electron chi connectivity index (χ1n) is 6.34. The van der Waals surface area contributed by atoms with Crippen molar-refractivity contribution >= 4 is 5.91 Å². The van der Waals surface area contributed by atoms with Gasteiger partial charge in [-0.3, -0.25) is 4.79 Å². The minimum absolute atomic E-state index is 0.0283. The van der Waals surface area contributed by atoms with Crippen LogP contribution >= 0.6 is 0 Å². The highest BCUT2D eigenvalue weighted by molar-refractivity contribution is 5.87. The van der Waals surface area contributed by atoms with E-state index in [4.69, 9.17) is 0 Å². The summed E-state index contributed by atoms with van der Waals surface area (Å²) in [5.74, 6) is -0.724. The summed E-state index contributed by atoms with van der Waals surface area (Å²) in [6.07, 6.45) is 0. The number of amides is 1. The Hall–Kier alpha value is -2.16. The molecule has 1 N–H and O–H groups in total. The summed E-state index contributed by atoms with van der Waals surface area (Å²) >= 11 is 0. The lowest BCUT2D eigenvalue weighted by atomic mass is 9.83. The Balaban J connectivity index is 2.02. The molecular weight excluding hydrogens is 241 g/mol. The number of benzene rings is 2. The maximum absolute atomic E-state index is 13.9. The van der Waals surface area contributed by atoms with Crippen molar-refractivity contribution in [3.63, 3.8) is 0 Å². The third-order valence-electron chi connectivity index (χ3n) is 3.64. The summed E-state index contributed by atoms with van der Waals surface area (Å²) < 4.78 is 13.9. The van der Waals surface area contributed by atoms with Gasteiger partial charge in [-0.05, 0) is 17.2 Å². The fourth-order valence-corrected chi connectivity index (χ4v) is 2.73. The van der Waals surface area contributed by atoms with Gasteiger partial charge in [0.15, 0.2) is 0 Å². The van der Waals surface area contributed by atoms with Gasteiger partial charge in [-0.25, -0.2) is 4.39 Å². The summed E-state index contributed by atoms with van der Waals surface area (Å²) in [5.41, 5.74) is 1.54. The van der Waals surface area contributed by atoms with Crippen LogP contribution in [0.4, 0.5) is 4.39 Å². The van der Waals surface area contributed by atoms with E-state index in [-0.39, 0.29) is 23.6 Å². The lowest BCUT2D eigenvalue weighted by molar-refractivity contribution is -0.120. The van der Waals surface area contributed by atoms with Gasteiger partial charge in [-0.1, -0.05) is 48.5 Å². The highest BCUT2D eigenvalue weighted by Crippen LogP contribution is 2.37. The van der Waals surface area contributed by atoms with Gasteiger partial charge in [-0.15, -0.1) is 0 Å². The summed E-state index contributed by atoms with van der Waals surface area (Å²) in [6.45, 7) is 0.485. The lowest BCUT2D eigenvalue weighted by Crippen LogP contribution is -2.18. The average molecular weight is 255 g/mol. The Morgan fingerprint density at radius 2 is 1.68 bits per heavy atom. The van der Waals surface area contributed by atoms with Gasteiger partial charge in [0, 0.05) is 12.5 Å². The topological polar surface area (TPSA) is 29.1 Å². The van der Waals surface area contributed by atoms with E-state index in [9.17, 15) is 9.18 Å². The van der Waals surface area contributed by atoms with Crippen LogP contribution in [0.2, 0.25) is 0 Å². The molecule has 1 saturated heterocycles. The molecule has 1 aliphatic rings. The Morgan fingerprint density at radius 3 is 2.42 bits per heavy atom. The van der Waals surface area contributed by atoms with Crippen LogP contribution in [0.1, 0.15) is 23.0 Å². The first-order valence-corrected chi connectivity index (χ1v) is 6.34. The van der Waals surface area contributed by atoms with Crippen molar-refractivity contribution in [2.45, 2.75) is 11.8 Å². The summed E-state index contributed by atoms with van der Waals surface area (Å²) in [7, 11) is 0. The van der Waals surface area contributed by atoms with Crippen molar-refractivity contribution in [3.8, 4) is 0 Å². The fourth-order valence-electron chi connectivity index (χ4n) is 2.73. The van der Waals surface area contributed by atoms with Crippen molar-refractivity contribution < 1.29 is 9.18 Å². The summed E-state index contributed by atoms with van der Waals surface area (Å²) in [5, 5.41) is 2.84. The van der Waals surface area contributed by atoms with Crippen molar-refractivity contribution in [1.82, 2.24) is 5.32 Å². The van der Waals surface area contributed by atoms with Gasteiger partial charge in [-0.2, -0.15) is 0 Å². The van der Waals surface area contributed by atoms with Crippen molar-refractivity contribution in [1.29, 1.82) is 0 Å². The fraction of sp³-hybridized carbons (Fsp3) is 0.188. The molecule has 0 spiro atoms. The zero-order valence-corrected chi connectivity index (χ0v) is 10.3. The molecule has 3 rings (SSSR count). The van der Waals surface area contributed by atoms with Crippen LogP contribution in [0.15, 0.2) is 54.6 Å². The van der Waals surface area contributed by atoms with Gasteiger partial charge in [0.25, 0.3) is 0 Å². The summed E-state index contributed by atoms with van der Waals surface area (Å²) in [6, 6.07) is 16.2. The Bertz CT molecular complexity index is 597. The number of nitrogens with one attached hydrogen (secondary N) is 1. The molecule has 2 aromatic rings. The number of carbonyl (C=O) groups excluding carboxylic acids is 1. The molecule has 0 bridgehead atoms. The lowest BCUT2D eigenvalue weighted by Gasteiger charge is -2.18. The molecule has 0 saturated carbocycles. The van der Waals surface area contributed by atoms with E-state index in [1.165, 1.54) is 6.07 Å². The molecule has 1 aliphatic heterocycles. The molecule has 0 aliphatic carbocycles. The van der Waals surface area contributed by atoms with Crippen molar-refractivity contribution in [2.75, 3.05) is 6.54 Å². The van der Waals surface area contributed by atoms with E-state index in [1.54, 1.807) is 12.1 Å². The molecule has 1 heterocycles. The number of hydrogen-bond donors (Lipinski definition) is 1. The highest BCUT2D eigenvalue weighted by atomic mass is 19.1. The van der Waals surface area contributed by atoms with Gasteiger partial charge >= 0.3 is 0 Å². The van der Waals surface area contributed by atoms with E-state index < -0.39 is 0 Å². The number of halogens is 1. The molecule has 2 nitrogen and oxygen atoms in total. The molecule has 19 heavy (non-hydrogen) atoms. The normalized spacial score (nSPS) is 22.3. The van der Waals surface area contributed by atoms with Crippen molar-refractivity contribution in [3.05, 3.63) is 71.5 Å². The maximum Gasteiger partial charge on any atom is 0.228 e. The molecule has 0 radical (unpaired) electrons. The first kappa shape index (κ1) is 11.9. The second kappa shape index (κ2) is 4.84. The molecule has 1 amide bonds. The molecule has 0 aromatic heterocycles. The van der Waals surface area contributed by atoms with E-state index in [2.05, 4.69) is 5.32 Å². The molecule has 1 fully saturated rings. The largest absolute Gasteiger partial charge is 0.355 e. The van der Waals surface area contributed by atoms with Crippen LogP contribution in [0.25, 0.3) is 0 Å². The Morgan fingerprint density at radius 1 is 1.00 bits per heavy atom. The van der Waals surface area contributed by atoms with Crippen LogP contribution in [0.5, 0.6) is 0 Å². The molecule has 2 aromatic carbocycles. The minimum atomic E-state index is -0.307. The van der Waals surface area contributed by atoms with Gasteiger partial charge < -0.3 is 5.32 Å². The third-order valence-corrected chi connectivity index (χ3v) is 3.64. The van der Waals surface area contributed by atoms with E-state index in [0.29, 0.717) is 12.1 Å². The van der Waals surface area contributed by atoms with Gasteiger partial charge in [0.1, 0.15) is 5.82 Å². The Kier molecular flexibility index (Phi) is 3.03. The van der Waals surface area contributed by atoms with Crippen LogP contribution in [-0.4, -0.2) is 12.5 Å². The number of carbonyl (C=O) groups is 1. The third kappa shape index (κ3) is 2.12. The Labute approximate surface area is 111 Å². The molecule has 2 atom stereocenters. The molecule has 96 valence electrons. The minimum Gasteiger partial charge on any atom is -0.355 e. The smallest absolute Gasteiger partial charge is 0.228 e. The van der Waals surface area contributed by atoms with E-state index in [1.807, 2.05) is 36.4 Å². The second-order valence-electron chi connectivity index (χ2n) is 4.76. The standard InChI is InChI=1S/C16H14FNO/c17-14-9-5-4-8-12(14)13-10-18-16(19)15(13)11-6-2-1-3-7-11/h1-9,13,15H,10H2,(H,18,19). The highest BCUT2D eigenvalue weighted by Gasteiger charge is 2.37. The molecular formula is C16H14FNO. The van der Waals surface area contributed by atoms with Crippen LogP contribution in [0.3, 0.4) is 0 Å². The quantitative estimate of drug-likeness (QED) is 0.878. The first-order chi connectivity index (χ1) is 9.27. The second-order valence-corrected chi connectivity index (χ2v) is 4.76. The van der Waals surface area contributed by atoms with Gasteiger partial charge in [0.05, 0.1) is 5.92 Å². The molecule has 3 heteroatoms. The number of hydrogen-bond acceptors (Lipinski definition) is 1. The number of rotatable bonds is 2. The predicted octanol–water partition coefficient (Wildman–Crippen LogP) is 2.82. The van der Waals surface area contributed by atoms with Crippen LogP contribution in [0, 0.1) is 5.82 Å². The maximum atomic E-state index is 13.9. The SMILES string of the molecule is O=C1NCC(c2ccccc2F)C1c1ccccc1. The summed E-state index contributed by atoms with van der Waals surface area (Å²) in [4.78, 5) is 12.0.